The van der Waals surface area contributed by atoms with Gasteiger partial charge in [0.2, 0.25) is 0 Å². The Morgan fingerprint density at radius 2 is 1.94 bits per heavy atom. The minimum absolute atomic E-state index is 0.566. The molecule has 17 heavy (non-hydrogen) atoms. The predicted molar refractivity (Wildman–Crippen MR) is 72.7 cm³/mol. The summed E-state index contributed by atoms with van der Waals surface area (Å²) in [5.41, 5.74) is 6.22. The molecule has 2 aliphatic heterocycles. The van der Waals surface area contributed by atoms with Crippen LogP contribution in [0.15, 0.2) is 12.1 Å². The normalized spacial score (nSPS) is 17.7. The smallest absolute Gasteiger partial charge is 0.0432 e. The summed E-state index contributed by atoms with van der Waals surface area (Å²) in [6.45, 7) is 7.93. The van der Waals surface area contributed by atoms with Gasteiger partial charge in [0, 0.05) is 31.4 Å². The molecule has 1 aromatic rings. The van der Waals surface area contributed by atoms with Crippen LogP contribution in [0.2, 0.25) is 0 Å². The van der Waals surface area contributed by atoms with E-state index < -0.39 is 0 Å². The molecule has 2 aliphatic rings. The summed E-state index contributed by atoms with van der Waals surface area (Å²) in [6.07, 6.45) is 3.85. The number of benzene rings is 1. The molecule has 2 nitrogen and oxygen atoms in total. The van der Waals surface area contributed by atoms with Crippen molar-refractivity contribution in [2.75, 3.05) is 18.0 Å². The Kier molecular flexibility index (Phi) is 2.83. The highest BCUT2D eigenvalue weighted by Crippen LogP contribution is 2.36. The van der Waals surface area contributed by atoms with E-state index in [4.69, 9.17) is 0 Å². The van der Waals surface area contributed by atoms with Gasteiger partial charge in [-0.2, -0.15) is 0 Å². The number of nitrogens with one attached hydrogen (secondary N) is 1. The summed E-state index contributed by atoms with van der Waals surface area (Å²) in [5.74, 6) is 0. The van der Waals surface area contributed by atoms with E-state index in [-0.39, 0.29) is 0 Å². The van der Waals surface area contributed by atoms with Crippen LogP contribution in [0.3, 0.4) is 0 Å². The van der Waals surface area contributed by atoms with Crippen molar-refractivity contribution >= 4 is 5.69 Å². The van der Waals surface area contributed by atoms with Crippen LogP contribution in [0.1, 0.15) is 37.0 Å². The molecule has 0 saturated carbocycles. The molecular formula is C15H22N2. The number of anilines is 1. The minimum atomic E-state index is 0.566. The lowest BCUT2D eigenvalue weighted by Gasteiger charge is -2.27. The zero-order chi connectivity index (χ0) is 11.8. The summed E-state index contributed by atoms with van der Waals surface area (Å²) in [4.78, 5) is 2.58. The largest absolute Gasteiger partial charge is 0.371 e. The van der Waals surface area contributed by atoms with Crippen LogP contribution >= 0.6 is 0 Å². The van der Waals surface area contributed by atoms with Gasteiger partial charge < -0.3 is 10.2 Å². The van der Waals surface area contributed by atoms with E-state index in [9.17, 15) is 0 Å². The van der Waals surface area contributed by atoms with Crippen molar-refractivity contribution in [3.63, 3.8) is 0 Å². The fraction of sp³-hybridized carbons (Fsp3) is 0.600. The maximum Gasteiger partial charge on any atom is 0.0432 e. The number of aryl methyl sites for hydroxylation is 1. The van der Waals surface area contributed by atoms with Gasteiger partial charge in [0.15, 0.2) is 0 Å². The molecule has 0 atom stereocenters. The first-order valence-corrected chi connectivity index (χ1v) is 6.87. The summed E-state index contributed by atoms with van der Waals surface area (Å²) in [7, 11) is 0. The molecule has 2 heterocycles. The topological polar surface area (TPSA) is 15.3 Å². The van der Waals surface area contributed by atoms with E-state index in [0.717, 1.165) is 6.54 Å². The van der Waals surface area contributed by atoms with Crippen molar-refractivity contribution in [1.29, 1.82) is 0 Å². The van der Waals surface area contributed by atoms with Gasteiger partial charge in [-0.1, -0.05) is 26.0 Å². The van der Waals surface area contributed by atoms with Crippen LogP contribution in [0.4, 0.5) is 5.69 Å². The van der Waals surface area contributed by atoms with Crippen molar-refractivity contribution in [3.8, 4) is 0 Å². The molecular weight excluding hydrogens is 208 g/mol. The lowest BCUT2D eigenvalue weighted by Crippen LogP contribution is -2.27. The average Bonchev–Trinajstić information content (AvgIpc) is 2.72. The van der Waals surface area contributed by atoms with Crippen LogP contribution in [-0.4, -0.2) is 19.1 Å². The molecule has 0 unspecified atom stereocenters. The van der Waals surface area contributed by atoms with Crippen molar-refractivity contribution in [3.05, 3.63) is 28.8 Å². The van der Waals surface area contributed by atoms with Crippen LogP contribution in [0.5, 0.6) is 0 Å². The van der Waals surface area contributed by atoms with Crippen LogP contribution in [0.25, 0.3) is 0 Å². The Bertz CT molecular complexity index is 423. The summed E-state index contributed by atoms with van der Waals surface area (Å²) in [6, 6.07) is 5.40. The summed E-state index contributed by atoms with van der Waals surface area (Å²) < 4.78 is 0. The SMILES string of the molecule is CC(C)NCc1cc2c3c(c1)CCN3CCC2. The monoisotopic (exact) mass is 230 g/mol. The number of hydrogen-bond acceptors (Lipinski definition) is 2. The van der Waals surface area contributed by atoms with Crippen LogP contribution in [-0.2, 0) is 19.4 Å². The van der Waals surface area contributed by atoms with Crippen molar-refractivity contribution < 1.29 is 0 Å². The quantitative estimate of drug-likeness (QED) is 0.858. The molecule has 0 bridgehead atoms. The van der Waals surface area contributed by atoms with Gasteiger partial charge in [0.1, 0.15) is 0 Å². The Morgan fingerprint density at radius 3 is 2.71 bits per heavy atom. The molecule has 3 rings (SSSR count). The van der Waals surface area contributed by atoms with Crippen molar-refractivity contribution in [2.45, 2.75) is 45.7 Å². The highest BCUT2D eigenvalue weighted by atomic mass is 15.2. The lowest BCUT2D eigenvalue weighted by molar-refractivity contribution is 0.588. The third-order valence-corrected chi connectivity index (χ3v) is 3.88. The van der Waals surface area contributed by atoms with Crippen LogP contribution < -0.4 is 10.2 Å². The Balaban J connectivity index is 1.89. The van der Waals surface area contributed by atoms with Crippen molar-refractivity contribution in [1.82, 2.24) is 5.32 Å². The van der Waals surface area contributed by atoms with E-state index in [1.165, 1.54) is 37.9 Å². The van der Waals surface area contributed by atoms with Gasteiger partial charge >= 0.3 is 0 Å². The molecule has 1 N–H and O–H groups in total. The molecule has 0 radical (unpaired) electrons. The zero-order valence-corrected chi connectivity index (χ0v) is 10.9. The first-order chi connectivity index (χ1) is 8.24. The second kappa shape index (κ2) is 4.34. The van der Waals surface area contributed by atoms with Gasteiger partial charge in [-0.3, -0.25) is 0 Å². The first-order valence-electron chi connectivity index (χ1n) is 6.87. The molecule has 1 aromatic carbocycles. The maximum atomic E-state index is 3.52. The number of hydrogen-bond donors (Lipinski definition) is 1. The Morgan fingerprint density at radius 1 is 1.18 bits per heavy atom. The minimum Gasteiger partial charge on any atom is -0.371 e. The molecule has 92 valence electrons. The molecule has 0 saturated heterocycles. The zero-order valence-electron chi connectivity index (χ0n) is 10.9. The van der Waals surface area contributed by atoms with Gasteiger partial charge in [-0.05, 0) is 36.0 Å². The third kappa shape index (κ3) is 2.06. The van der Waals surface area contributed by atoms with E-state index in [1.54, 1.807) is 16.8 Å². The molecule has 0 aliphatic carbocycles. The Hall–Kier alpha value is -1.02. The predicted octanol–water partition coefficient (Wildman–Crippen LogP) is 2.49. The number of nitrogens with zero attached hydrogens (tertiary/aromatic N) is 1. The molecule has 0 fully saturated rings. The fourth-order valence-electron chi connectivity index (χ4n) is 3.09. The fourth-order valence-corrected chi connectivity index (χ4v) is 3.09. The third-order valence-electron chi connectivity index (χ3n) is 3.88. The molecule has 0 spiro atoms. The lowest BCUT2D eigenvalue weighted by atomic mass is 9.97. The average molecular weight is 230 g/mol. The van der Waals surface area contributed by atoms with E-state index in [2.05, 4.69) is 36.2 Å². The number of rotatable bonds is 3. The van der Waals surface area contributed by atoms with Gasteiger partial charge in [0.25, 0.3) is 0 Å². The second-order valence-corrected chi connectivity index (χ2v) is 5.64. The summed E-state index contributed by atoms with van der Waals surface area (Å²) >= 11 is 0. The van der Waals surface area contributed by atoms with E-state index >= 15 is 0 Å². The highest BCUT2D eigenvalue weighted by molar-refractivity contribution is 5.65. The van der Waals surface area contributed by atoms with Gasteiger partial charge in [0.05, 0.1) is 0 Å². The molecule has 0 amide bonds. The Labute approximate surface area is 104 Å². The van der Waals surface area contributed by atoms with Gasteiger partial charge in [-0.15, -0.1) is 0 Å². The first kappa shape index (κ1) is 11.1. The standard InChI is InChI=1S/C15H22N2/c1-11(2)16-10-12-8-13-4-3-6-17-7-5-14(9-12)15(13)17/h8-9,11,16H,3-7,10H2,1-2H3. The van der Waals surface area contributed by atoms with Gasteiger partial charge in [-0.25, -0.2) is 0 Å². The van der Waals surface area contributed by atoms with E-state index in [1.807, 2.05) is 0 Å². The second-order valence-electron chi connectivity index (χ2n) is 5.64. The van der Waals surface area contributed by atoms with E-state index in [0.29, 0.717) is 6.04 Å². The van der Waals surface area contributed by atoms with Crippen molar-refractivity contribution in [2.24, 2.45) is 0 Å². The molecule has 2 heteroatoms. The highest BCUT2D eigenvalue weighted by Gasteiger charge is 2.25. The maximum absolute atomic E-state index is 3.52. The molecule has 0 aromatic heterocycles. The van der Waals surface area contributed by atoms with Crippen LogP contribution in [0, 0.1) is 0 Å². The summed E-state index contributed by atoms with van der Waals surface area (Å²) in [5, 5.41) is 3.52.